The van der Waals surface area contributed by atoms with Crippen LogP contribution in [0.15, 0.2) is 48.5 Å². The number of benzene rings is 2. The van der Waals surface area contributed by atoms with Crippen molar-refractivity contribution in [2.24, 2.45) is 0 Å². The Labute approximate surface area is 154 Å². The van der Waals surface area contributed by atoms with E-state index in [-0.39, 0.29) is 11.9 Å². The second-order valence-electron chi connectivity index (χ2n) is 5.70. The third kappa shape index (κ3) is 6.67. The zero-order chi connectivity index (χ0) is 18.1. The minimum absolute atomic E-state index is 0.0149. The summed E-state index contributed by atoms with van der Waals surface area (Å²) in [5, 5.41) is 3.68. The van der Waals surface area contributed by atoms with E-state index in [2.05, 4.69) is 5.32 Å². The Hall–Kier alpha value is -2.20. The molecular weight excluding hydrogens is 338 g/mol. The maximum atomic E-state index is 12.0. The molecule has 25 heavy (non-hydrogen) atoms. The molecule has 0 aliphatic heterocycles. The van der Waals surface area contributed by atoms with Crippen LogP contribution < -0.4 is 14.8 Å². The molecule has 0 bridgehead atoms. The summed E-state index contributed by atoms with van der Waals surface area (Å²) in [5.74, 6) is 1.61. The third-order valence-electron chi connectivity index (χ3n) is 3.70. The molecule has 2 aromatic carbocycles. The first-order chi connectivity index (χ1) is 12.1. The number of rotatable bonds is 9. The Balaban J connectivity index is 1.69. The summed E-state index contributed by atoms with van der Waals surface area (Å²) in [4.78, 5) is 12.0. The van der Waals surface area contributed by atoms with Crippen LogP contribution in [0.4, 0.5) is 0 Å². The van der Waals surface area contributed by atoms with Gasteiger partial charge in [0.25, 0.3) is 0 Å². The van der Waals surface area contributed by atoms with Crippen LogP contribution >= 0.6 is 11.6 Å². The molecule has 0 spiro atoms. The Morgan fingerprint density at radius 2 is 1.64 bits per heavy atom. The summed E-state index contributed by atoms with van der Waals surface area (Å²) >= 11 is 5.82. The van der Waals surface area contributed by atoms with E-state index < -0.39 is 0 Å². The standard InChI is InChI=1S/C20H24ClNO3/c1-3-24-18-10-6-16(7-11-18)15(2)22-20(23)5-4-14-25-19-12-8-17(21)9-13-19/h6-13,15H,3-5,14H2,1-2H3,(H,22,23)/t15-/m0/s1. The van der Waals surface area contributed by atoms with Crippen molar-refractivity contribution in [1.29, 1.82) is 0 Å². The lowest BCUT2D eigenvalue weighted by molar-refractivity contribution is -0.121. The van der Waals surface area contributed by atoms with Crippen molar-refractivity contribution >= 4 is 17.5 Å². The van der Waals surface area contributed by atoms with E-state index >= 15 is 0 Å². The third-order valence-corrected chi connectivity index (χ3v) is 3.95. The smallest absolute Gasteiger partial charge is 0.220 e. The molecule has 4 nitrogen and oxygen atoms in total. The largest absolute Gasteiger partial charge is 0.494 e. The highest BCUT2D eigenvalue weighted by molar-refractivity contribution is 6.30. The SMILES string of the molecule is CCOc1ccc([C@H](C)NC(=O)CCCOc2ccc(Cl)cc2)cc1. The summed E-state index contributed by atoms with van der Waals surface area (Å²) in [5.41, 5.74) is 1.05. The number of carbonyl (C=O) groups is 1. The topological polar surface area (TPSA) is 47.6 Å². The molecule has 1 atom stereocenters. The van der Waals surface area contributed by atoms with E-state index in [4.69, 9.17) is 21.1 Å². The van der Waals surface area contributed by atoms with Gasteiger partial charge in [-0.1, -0.05) is 23.7 Å². The lowest BCUT2D eigenvalue weighted by Crippen LogP contribution is -2.26. The molecule has 0 fully saturated rings. The van der Waals surface area contributed by atoms with Crippen molar-refractivity contribution in [3.63, 3.8) is 0 Å². The van der Waals surface area contributed by atoms with Gasteiger partial charge >= 0.3 is 0 Å². The Morgan fingerprint density at radius 3 is 2.28 bits per heavy atom. The highest BCUT2D eigenvalue weighted by Gasteiger charge is 2.09. The zero-order valence-electron chi connectivity index (χ0n) is 14.6. The zero-order valence-corrected chi connectivity index (χ0v) is 15.4. The van der Waals surface area contributed by atoms with Gasteiger partial charge < -0.3 is 14.8 Å². The van der Waals surface area contributed by atoms with E-state index in [0.717, 1.165) is 17.1 Å². The fourth-order valence-electron chi connectivity index (χ4n) is 2.37. The van der Waals surface area contributed by atoms with Gasteiger partial charge in [-0.2, -0.15) is 0 Å². The second kappa shape index (κ2) is 9.94. The number of halogens is 1. The van der Waals surface area contributed by atoms with Gasteiger partial charge in [-0.3, -0.25) is 4.79 Å². The normalized spacial score (nSPS) is 11.6. The molecule has 0 radical (unpaired) electrons. The van der Waals surface area contributed by atoms with Crippen molar-refractivity contribution in [3.8, 4) is 11.5 Å². The van der Waals surface area contributed by atoms with Crippen LogP contribution in [0, 0.1) is 0 Å². The van der Waals surface area contributed by atoms with E-state index in [1.54, 1.807) is 12.1 Å². The molecule has 0 saturated carbocycles. The van der Waals surface area contributed by atoms with Crippen LogP contribution in [-0.4, -0.2) is 19.1 Å². The van der Waals surface area contributed by atoms with Crippen LogP contribution in [0.25, 0.3) is 0 Å². The number of hydrogen-bond donors (Lipinski definition) is 1. The van der Waals surface area contributed by atoms with Crippen LogP contribution in [0.2, 0.25) is 5.02 Å². The molecule has 0 heterocycles. The van der Waals surface area contributed by atoms with E-state index in [0.29, 0.717) is 31.1 Å². The lowest BCUT2D eigenvalue weighted by atomic mass is 10.1. The van der Waals surface area contributed by atoms with Crippen molar-refractivity contribution in [2.45, 2.75) is 32.7 Å². The fraction of sp³-hybridized carbons (Fsp3) is 0.350. The number of hydrogen-bond acceptors (Lipinski definition) is 3. The molecule has 134 valence electrons. The van der Waals surface area contributed by atoms with Gasteiger partial charge in [-0.05, 0) is 62.2 Å². The van der Waals surface area contributed by atoms with Gasteiger partial charge in [0.1, 0.15) is 11.5 Å². The van der Waals surface area contributed by atoms with Crippen molar-refractivity contribution in [1.82, 2.24) is 5.32 Å². The van der Waals surface area contributed by atoms with Crippen LogP contribution in [0.3, 0.4) is 0 Å². The fourth-order valence-corrected chi connectivity index (χ4v) is 2.50. The molecular formula is C20H24ClNO3. The summed E-state index contributed by atoms with van der Waals surface area (Å²) in [6.07, 6.45) is 1.08. The predicted molar refractivity (Wildman–Crippen MR) is 100 cm³/mol. The predicted octanol–water partition coefficient (Wildman–Crippen LogP) is 4.78. The van der Waals surface area contributed by atoms with Gasteiger partial charge in [-0.25, -0.2) is 0 Å². The summed E-state index contributed by atoms with van der Waals surface area (Å²) in [6, 6.07) is 14.9. The number of carbonyl (C=O) groups excluding carboxylic acids is 1. The highest BCUT2D eigenvalue weighted by atomic mass is 35.5. The van der Waals surface area contributed by atoms with Crippen LogP contribution in [0.5, 0.6) is 11.5 Å². The molecule has 2 rings (SSSR count). The maximum Gasteiger partial charge on any atom is 0.220 e. The maximum absolute atomic E-state index is 12.0. The Kier molecular flexibility index (Phi) is 7.61. The average molecular weight is 362 g/mol. The summed E-state index contributed by atoms with van der Waals surface area (Å²) < 4.78 is 11.0. The monoisotopic (exact) mass is 361 g/mol. The minimum atomic E-state index is -0.0413. The van der Waals surface area contributed by atoms with E-state index in [9.17, 15) is 4.79 Å². The quantitative estimate of drug-likeness (QED) is 0.654. The van der Waals surface area contributed by atoms with Crippen molar-refractivity contribution in [3.05, 3.63) is 59.1 Å². The average Bonchev–Trinajstić information content (AvgIpc) is 2.61. The number of amides is 1. The van der Waals surface area contributed by atoms with Gasteiger partial charge in [0, 0.05) is 11.4 Å². The molecule has 0 aliphatic rings. The lowest BCUT2D eigenvalue weighted by Gasteiger charge is -2.15. The first kappa shape index (κ1) is 19.1. The second-order valence-corrected chi connectivity index (χ2v) is 6.13. The number of ether oxygens (including phenoxy) is 2. The molecule has 5 heteroatoms. The Bertz CT molecular complexity index is 656. The first-order valence-electron chi connectivity index (χ1n) is 8.49. The summed E-state index contributed by atoms with van der Waals surface area (Å²) in [7, 11) is 0. The molecule has 0 unspecified atom stereocenters. The minimum Gasteiger partial charge on any atom is -0.494 e. The van der Waals surface area contributed by atoms with Gasteiger partial charge in [-0.15, -0.1) is 0 Å². The molecule has 2 aromatic rings. The van der Waals surface area contributed by atoms with Gasteiger partial charge in [0.2, 0.25) is 5.91 Å². The Morgan fingerprint density at radius 1 is 1.04 bits per heavy atom. The van der Waals surface area contributed by atoms with E-state index in [1.165, 1.54) is 0 Å². The van der Waals surface area contributed by atoms with Crippen LogP contribution in [-0.2, 0) is 4.79 Å². The van der Waals surface area contributed by atoms with Crippen molar-refractivity contribution in [2.75, 3.05) is 13.2 Å². The molecule has 0 aliphatic carbocycles. The van der Waals surface area contributed by atoms with Gasteiger partial charge in [0.05, 0.1) is 19.3 Å². The number of nitrogens with one attached hydrogen (secondary N) is 1. The first-order valence-corrected chi connectivity index (χ1v) is 8.86. The van der Waals surface area contributed by atoms with Crippen LogP contribution in [0.1, 0.15) is 38.3 Å². The molecule has 1 amide bonds. The highest BCUT2D eigenvalue weighted by Crippen LogP contribution is 2.18. The van der Waals surface area contributed by atoms with Gasteiger partial charge in [0.15, 0.2) is 0 Å². The molecule has 0 aromatic heterocycles. The molecule has 0 saturated heterocycles. The van der Waals surface area contributed by atoms with Crippen molar-refractivity contribution < 1.29 is 14.3 Å². The summed E-state index contributed by atoms with van der Waals surface area (Å²) in [6.45, 7) is 5.06. The molecule has 1 N–H and O–H groups in total. The van der Waals surface area contributed by atoms with E-state index in [1.807, 2.05) is 50.2 Å².